The van der Waals surface area contributed by atoms with E-state index in [0.717, 1.165) is 5.69 Å². The largest absolute Gasteiger partial charge is 0.448 e. The van der Waals surface area contributed by atoms with Crippen LogP contribution in [0.25, 0.3) is 0 Å². The predicted molar refractivity (Wildman–Crippen MR) is 69.4 cm³/mol. The molecule has 16 heavy (non-hydrogen) atoms. The molecule has 0 saturated heterocycles. The van der Waals surface area contributed by atoms with Gasteiger partial charge < -0.3 is 21.5 Å². The van der Waals surface area contributed by atoms with Gasteiger partial charge in [-0.25, -0.2) is 4.79 Å². The average Bonchev–Trinajstić information content (AvgIpc) is 2.12. The minimum absolute atomic E-state index is 0. The Kier molecular flexibility index (Phi) is 9.54. The first-order valence-electron chi connectivity index (χ1n) is 4.20. The molecule has 0 radical (unpaired) electrons. The van der Waals surface area contributed by atoms with Gasteiger partial charge in [-0.05, 0) is 18.2 Å². The Hall–Kier alpha value is -1.33. The zero-order valence-electron chi connectivity index (χ0n) is 8.51. The summed E-state index contributed by atoms with van der Waals surface area (Å²) in [6.07, 6.45) is -0.764. The third-order valence-corrected chi connectivity index (χ3v) is 1.56. The number of halogens is 2. The predicted octanol–water partition coefficient (Wildman–Crippen LogP) is 1.62. The van der Waals surface area contributed by atoms with Crippen LogP contribution in [0.5, 0.6) is 0 Å². The van der Waals surface area contributed by atoms with Crippen molar-refractivity contribution in [2.24, 2.45) is 5.73 Å². The molecular weight excluding hydrogens is 253 g/mol. The van der Waals surface area contributed by atoms with E-state index in [-0.39, 0.29) is 31.4 Å². The Morgan fingerprint density at radius 3 is 2.62 bits per heavy atom. The summed E-state index contributed by atoms with van der Waals surface area (Å²) in [7, 11) is 0. The highest BCUT2D eigenvalue weighted by Gasteiger charge is 1.94. The third kappa shape index (κ3) is 7.03. The van der Waals surface area contributed by atoms with Crippen molar-refractivity contribution < 1.29 is 9.53 Å². The monoisotopic (exact) mass is 267 g/mol. The zero-order chi connectivity index (χ0) is 10.4. The van der Waals surface area contributed by atoms with Crippen molar-refractivity contribution in [3.63, 3.8) is 0 Å². The molecule has 7 heteroatoms. The molecule has 92 valence electrons. The maximum atomic E-state index is 10.2. The molecule has 1 aromatic carbocycles. The molecule has 0 atom stereocenters. The number of nitrogens with one attached hydrogen (secondary N) is 1. The van der Waals surface area contributed by atoms with Gasteiger partial charge in [0, 0.05) is 17.9 Å². The van der Waals surface area contributed by atoms with E-state index in [9.17, 15) is 4.79 Å². The lowest BCUT2D eigenvalue weighted by molar-refractivity contribution is 0.161. The van der Waals surface area contributed by atoms with Crippen LogP contribution in [0.15, 0.2) is 24.3 Å². The normalized spacial score (nSPS) is 8.25. The number of nitrogens with two attached hydrogens (primary N) is 2. The number of carbonyl (C=O) groups excluding carboxylic acids is 1. The van der Waals surface area contributed by atoms with Gasteiger partial charge in [-0.3, -0.25) is 0 Å². The second kappa shape index (κ2) is 8.94. The van der Waals surface area contributed by atoms with Crippen molar-refractivity contribution in [2.45, 2.75) is 0 Å². The average molecular weight is 268 g/mol. The molecule has 0 heterocycles. The first-order valence-corrected chi connectivity index (χ1v) is 4.20. The summed E-state index contributed by atoms with van der Waals surface area (Å²) in [6, 6.07) is 7.31. The number of nitrogen functional groups attached to an aromatic ring is 1. The minimum atomic E-state index is -0.764. The molecule has 0 aliphatic rings. The van der Waals surface area contributed by atoms with Gasteiger partial charge in [0.25, 0.3) is 0 Å². The molecule has 5 nitrogen and oxygen atoms in total. The zero-order valence-corrected chi connectivity index (χ0v) is 10.1. The minimum Gasteiger partial charge on any atom is -0.448 e. The molecule has 0 bridgehead atoms. The molecule has 5 N–H and O–H groups in total. The fourth-order valence-electron chi connectivity index (χ4n) is 0.996. The highest BCUT2D eigenvalue weighted by molar-refractivity contribution is 5.85. The number of amides is 1. The van der Waals surface area contributed by atoms with Crippen LogP contribution in [-0.4, -0.2) is 19.2 Å². The fraction of sp³-hybridized carbons (Fsp3) is 0.222. The van der Waals surface area contributed by atoms with Gasteiger partial charge in [0.1, 0.15) is 6.61 Å². The molecule has 1 amide bonds. The third-order valence-electron chi connectivity index (χ3n) is 1.56. The number of carbonyl (C=O) groups is 1. The van der Waals surface area contributed by atoms with Crippen molar-refractivity contribution in [3.05, 3.63) is 24.3 Å². The van der Waals surface area contributed by atoms with E-state index >= 15 is 0 Å². The van der Waals surface area contributed by atoms with Gasteiger partial charge in [-0.15, -0.1) is 24.8 Å². The van der Waals surface area contributed by atoms with Crippen LogP contribution >= 0.6 is 24.8 Å². The number of ether oxygens (including phenoxy) is 1. The van der Waals surface area contributed by atoms with E-state index in [1.807, 2.05) is 12.1 Å². The van der Waals surface area contributed by atoms with Gasteiger partial charge in [0.05, 0.1) is 0 Å². The van der Waals surface area contributed by atoms with Crippen molar-refractivity contribution in [3.8, 4) is 0 Å². The highest BCUT2D eigenvalue weighted by Crippen LogP contribution is 2.10. The molecule has 0 aromatic heterocycles. The van der Waals surface area contributed by atoms with E-state index in [1.54, 1.807) is 12.1 Å². The van der Waals surface area contributed by atoms with E-state index < -0.39 is 6.09 Å². The number of hydrogen-bond acceptors (Lipinski definition) is 4. The maximum Gasteiger partial charge on any atom is 0.404 e. The van der Waals surface area contributed by atoms with Gasteiger partial charge in [-0.1, -0.05) is 6.07 Å². The molecule has 0 aliphatic carbocycles. The molecular formula is C9H15Cl2N3O2. The van der Waals surface area contributed by atoms with Crippen LogP contribution in [0.3, 0.4) is 0 Å². The Balaban J connectivity index is 0. The van der Waals surface area contributed by atoms with Crippen LogP contribution in [0.4, 0.5) is 16.2 Å². The molecule has 0 saturated carbocycles. The molecule has 0 aliphatic heterocycles. The van der Waals surface area contributed by atoms with Gasteiger partial charge in [0.2, 0.25) is 0 Å². The van der Waals surface area contributed by atoms with Crippen LogP contribution in [-0.2, 0) is 4.74 Å². The Morgan fingerprint density at radius 2 is 2.06 bits per heavy atom. The number of rotatable bonds is 4. The first-order chi connectivity index (χ1) is 6.68. The lowest BCUT2D eigenvalue weighted by atomic mass is 10.3. The molecule has 0 spiro atoms. The fourth-order valence-corrected chi connectivity index (χ4v) is 0.996. The van der Waals surface area contributed by atoms with Crippen LogP contribution in [0.2, 0.25) is 0 Å². The van der Waals surface area contributed by atoms with Crippen molar-refractivity contribution in [2.75, 3.05) is 24.2 Å². The SMILES string of the molecule is Cl.Cl.NC(=O)OCCNc1cccc(N)c1. The summed E-state index contributed by atoms with van der Waals surface area (Å²) in [5.41, 5.74) is 11.9. The maximum absolute atomic E-state index is 10.2. The Morgan fingerprint density at radius 1 is 1.38 bits per heavy atom. The molecule has 0 unspecified atom stereocenters. The van der Waals surface area contributed by atoms with Gasteiger partial charge in [-0.2, -0.15) is 0 Å². The summed E-state index contributed by atoms with van der Waals surface area (Å²) in [5.74, 6) is 0. The van der Waals surface area contributed by atoms with Crippen molar-refractivity contribution >= 4 is 42.3 Å². The van der Waals surface area contributed by atoms with Crippen LogP contribution in [0.1, 0.15) is 0 Å². The smallest absolute Gasteiger partial charge is 0.404 e. The van der Waals surface area contributed by atoms with E-state index in [2.05, 4.69) is 10.1 Å². The summed E-state index contributed by atoms with van der Waals surface area (Å²) in [5, 5.41) is 3.03. The Labute approximate surface area is 106 Å². The standard InChI is InChI=1S/C9H13N3O2.2ClH/c10-7-2-1-3-8(6-7)12-4-5-14-9(11)13;;/h1-3,6,12H,4-5,10H2,(H2,11,13);2*1H. The second-order valence-electron chi connectivity index (χ2n) is 2.72. The Bertz CT molecular complexity index is 323. The number of hydrogen-bond donors (Lipinski definition) is 3. The quantitative estimate of drug-likeness (QED) is 0.571. The summed E-state index contributed by atoms with van der Waals surface area (Å²) < 4.78 is 4.54. The summed E-state index contributed by atoms with van der Waals surface area (Å²) >= 11 is 0. The molecule has 1 aromatic rings. The van der Waals surface area contributed by atoms with Crippen LogP contribution < -0.4 is 16.8 Å². The topological polar surface area (TPSA) is 90.4 Å². The molecule has 1 rings (SSSR count). The molecule has 0 fully saturated rings. The second-order valence-corrected chi connectivity index (χ2v) is 2.72. The number of anilines is 2. The highest BCUT2D eigenvalue weighted by atomic mass is 35.5. The number of primary amides is 1. The summed E-state index contributed by atoms with van der Waals surface area (Å²) in [4.78, 5) is 10.2. The van der Waals surface area contributed by atoms with Gasteiger partial charge >= 0.3 is 6.09 Å². The van der Waals surface area contributed by atoms with Crippen LogP contribution in [0, 0.1) is 0 Å². The van der Waals surface area contributed by atoms with E-state index in [1.165, 1.54) is 0 Å². The lowest BCUT2D eigenvalue weighted by Crippen LogP contribution is -2.18. The van der Waals surface area contributed by atoms with E-state index in [4.69, 9.17) is 11.5 Å². The lowest BCUT2D eigenvalue weighted by Gasteiger charge is -2.06. The first kappa shape index (κ1) is 17.1. The summed E-state index contributed by atoms with van der Waals surface area (Å²) in [6.45, 7) is 0.747. The van der Waals surface area contributed by atoms with Crippen molar-refractivity contribution in [1.82, 2.24) is 0 Å². The van der Waals surface area contributed by atoms with Crippen molar-refractivity contribution in [1.29, 1.82) is 0 Å². The number of benzene rings is 1. The van der Waals surface area contributed by atoms with E-state index in [0.29, 0.717) is 12.2 Å². The van der Waals surface area contributed by atoms with Gasteiger partial charge in [0.15, 0.2) is 0 Å².